The molecule has 0 saturated heterocycles. The van der Waals surface area contributed by atoms with Gasteiger partial charge in [-0.2, -0.15) is 0 Å². The average molecular weight is 304 g/mol. The van der Waals surface area contributed by atoms with Crippen LogP contribution in [-0.4, -0.2) is 24.7 Å². The first-order chi connectivity index (χ1) is 10.8. The molecular weight excluding hydrogens is 287 g/mol. The molecule has 0 aromatic heterocycles. The van der Waals surface area contributed by atoms with Crippen LogP contribution in [0, 0.1) is 0 Å². The molecule has 2 nitrogen and oxygen atoms in total. The third kappa shape index (κ3) is 2.41. The molecule has 0 unspecified atom stereocenters. The molecule has 22 heavy (non-hydrogen) atoms. The van der Waals surface area contributed by atoms with Gasteiger partial charge in [0.15, 0.2) is 7.94 Å². The Morgan fingerprint density at radius 3 is 1.00 bits per heavy atom. The largest absolute Gasteiger partial charge is 0.444 e. The highest BCUT2D eigenvalue weighted by molar-refractivity contribution is 7.45. The molecule has 2 N–H and O–H groups in total. The van der Waals surface area contributed by atoms with Crippen LogP contribution in [-0.2, 0) is 0 Å². The van der Waals surface area contributed by atoms with Crippen molar-refractivity contribution in [1.82, 2.24) is 0 Å². The van der Waals surface area contributed by atoms with Gasteiger partial charge in [0.05, 0.1) is 0 Å². The third-order valence-corrected chi connectivity index (χ3v) is 8.58. The van der Waals surface area contributed by atoms with Crippen LogP contribution in [0.1, 0.15) is 0 Å². The van der Waals surface area contributed by atoms with Gasteiger partial charge in [-0.25, -0.2) is 0 Å². The minimum atomic E-state index is -2.89. The summed E-state index contributed by atoms with van der Waals surface area (Å²) in [5.74, 6) is 0. The van der Waals surface area contributed by atoms with Gasteiger partial charge in [0.1, 0.15) is 0 Å². The molecule has 0 fully saturated rings. The second-order valence-electron chi connectivity index (χ2n) is 5.28. The zero-order chi connectivity index (χ0) is 15.4. The van der Waals surface area contributed by atoms with Crippen LogP contribution in [0.2, 0.25) is 0 Å². The summed E-state index contributed by atoms with van der Waals surface area (Å²) in [6.07, 6.45) is 0. The summed E-state index contributed by atoms with van der Waals surface area (Å²) in [6.45, 7) is -1.42. The molecule has 0 heterocycles. The number of hydrogen-bond donors (Lipinski definition) is 2. The second-order valence-corrected chi connectivity index (χ2v) is 9.14. The van der Waals surface area contributed by atoms with E-state index in [4.69, 9.17) is 0 Å². The van der Waals surface area contributed by atoms with Gasteiger partial charge in [0.25, 0.3) is 0 Å². The fourth-order valence-corrected chi connectivity index (χ4v) is 7.10. The highest BCUT2D eigenvalue weighted by atomic mass is 28.3. The zero-order valence-electron chi connectivity index (χ0n) is 12.1. The summed E-state index contributed by atoms with van der Waals surface area (Å²) in [5, 5.41) is 23.8. The highest BCUT2D eigenvalue weighted by Crippen LogP contribution is 2.09. The van der Waals surface area contributed by atoms with Crippen molar-refractivity contribution in [3.63, 3.8) is 0 Å². The van der Waals surface area contributed by atoms with Gasteiger partial charge in [-0.05, 0) is 0 Å². The van der Waals surface area contributed by atoms with Gasteiger partial charge in [-0.3, -0.25) is 0 Å². The van der Waals surface area contributed by atoms with Crippen LogP contribution in [0.4, 0.5) is 0 Å². The van der Waals surface area contributed by atoms with Gasteiger partial charge >= 0.3 is 6.71 Å². The van der Waals surface area contributed by atoms with E-state index in [0.717, 1.165) is 15.6 Å². The number of benzene rings is 3. The van der Waals surface area contributed by atoms with Crippen LogP contribution in [0.3, 0.4) is 0 Å². The van der Waals surface area contributed by atoms with Crippen molar-refractivity contribution in [2.75, 3.05) is 0 Å². The fraction of sp³-hybridized carbons (Fsp3) is 0. The lowest BCUT2D eigenvalue weighted by molar-refractivity contribution is 0.432. The maximum Gasteiger partial charge on any atom is 0.444 e. The van der Waals surface area contributed by atoms with Crippen molar-refractivity contribution in [2.45, 2.75) is 0 Å². The summed E-state index contributed by atoms with van der Waals surface area (Å²) in [5.41, 5.74) is 0. The molecular formula is C18H17BO2Si. The standard InChI is InChI=1S/C18H17BO2Si/c20-19(21)22(16-10-4-1-5-11-16,17-12-6-2-7-13-17)18-14-8-3-9-15-18/h1-15,20-21H. The Morgan fingerprint density at radius 1 is 0.500 bits per heavy atom. The van der Waals surface area contributed by atoms with E-state index in [1.165, 1.54) is 0 Å². The number of rotatable bonds is 4. The summed E-state index contributed by atoms with van der Waals surface area (Å²) < 4.78 is 0. The van der Waals surface area contributed by atoms with E-state index < -0.39 is 14.7 Å². The topological polar surface area (TPSA) is 40.5 Å². The average Bonchev–Trinajstić information content (AvgIpc) is 2.58. The van der Waals surface area contributed by atoms with E-state index in [2.05, 4.69) is 0 Å². The summed E-state index contributed by atoms with van der Waals surface area (Å²) >= 11 is 0. The van der Waals surface area contributed by atoms with Crippen LogP contribution in [0.5, 0.6) is 0 Å². The summed E-state index contributed by atoms with van der Waals surface area (Å²) in [7, 11) is -2.89. The Labute approximate surface area is 131 Å². The van der Waals surface area contributed by atoms with E-state index in [1.54, 1.807) is 0 Å². The van der Waals surface area contributed by atoms with Crippen LogP contribution in [0.15, 0.2) is 91.0 Å². The Hall–Kier alpha value is -2.14. The predicted molar refractivity (Wildman–Crippen MR) is 94.2 cm³/mol. The van der Waals surface area contributed by atoms with Crippen molar-refractivity contribution in [3.05, 3.63) is 91.0 Å². The normalized spacial score (nSPS) is 11.2. The van der Waals surface area contributed by atoms with Gasteiger partial charge in [0, 0.05) is 0 Å². The SMILES string of the molecule is OB(O)[Si](c1ccccc1)(c1ccccc1)c1ccccc1. The molecule has 3 aromatic carbocycles. The molecule has 0 saturated carbocycles. The molecule has 0 aliphatic carbocycles. The van der Waals surface area contributed by atoms with Crippen molar-refractivity contribution in [2.24, 2.45) is 0 Å². The minimum absolute atomic E-state index is 0.988. The smallest absolute Gasteiger partial charge is 0.429 e. The molecule has 3 aromatic rings. The Bertz CT molecular complexity index is 621. The van der Waals surface area contributed by atoms with Crippen molar-refractivity contribution in [3.8, 4) is 0 Å². The van der Waals surface area contributed by atoms with E-state index >= 15 is 0 Å². The van der Waals surface area contributed by atoms with E-state index in [9.17, 15) is 10.0 Å². The monoisotopic (exact) mass is 304 g/mol. The van der Waals surface area contributed by atoms with Crippen molar-refractivity contribution in [1.29, 1.82) is 0 Å². The molecule has 0 aliphatic heterocycles. The summed E-state index contributed by atoms with van der Waals surface area (Å²) in [6, 6.07) is 29.5. The first-order valence-electron chi connectivity index (χ1n) is 7.29. The van der Waals surface area contributed by atoms with E-state index in [0.29, 0.717) is 0 Å². The quantitative estimate of drug-likeness (QED) is 0.550. The molecule has 108 valence electrons. The molecule has 0 aliphatic rings. The van der Waals surface area contributed by atoms with E-state index in [-0.39, 0.29) is 0 Å². The Morgan fingerprint density at radius 2 is 0.773 bits per heavy atom. The molecule has 0 radical (unpaired) electrons. The molecule has 3 rings (SSSR count). The number of hydrogen-bond acceptors (Lipinski definition) is 2. The van der Waals surface area contributed by atoms with Crippen LogP contribution < -0.4 is 15.6 Å². The highest BCUT2D eigenvalue weighted by Gasteiger charge is 2.49. The molecule has 0 spiro atoms. The lowest BCUT2D eigenvalue weighted by Gasteiger charge is -2.32. The van der Waals surface area contributed by atoms with Gasteiger partial charge in [-0.1, -0.05) is 107 Å². The maximum absolute atomic E-state index is 10.4. The van der Waals surface area contributed by atoms with Crippen LogP contribution in [0.25, 0.3) is 0 Å². The van der Waals surface area contributed by atoms with Gasteiger partial charge in [-0.15, -0.1) is 0 Å². The second kappa shape index (κ2) is 6.32. The lowest BCUT2D eigenvalue weighted by atomic mass is 10.3. The van der Waals surface area contributed by atoms with Crippen molar-refractivity contribution >= 4 is 30.2 Å². The van der Waals surface area contributed by atoms with Gasteiger partial charge < -0.3 is 10.0 Å². The van der Waals surface area contributed by atoms with Crippen molar-refractivity contribution < 1.29 is 10.0 Å². The Kier molecular flexibility index (Phi) is 4.25. The van der Waals surface area contributed by atoms with Gasteiger partial charge in [0.2, 0.25) is 0 Å². The summed E-state index contributed by atoms with van der Waals surface area (Å²) in [4.78, 5) is 0. The fourth-order valence-electron chi connectivity index (χ4n) is 3.05. The third-order valence-electron chi connectivity index (χ3n) is 4.07. The maximum atomic E-state index is 10.4. The molecule has 0 atom stereocenters. The first kappa shape index (κ1) is 14.8. The lowest BCUT2D eigenvalue weighted by Crippen LogP contribution is -2.76. The molecule has 0 amide bonds. The first-order valence-corrected chi connectivity index (χ1v) is 9.36. The molecule has 4 heteroatoms. The van der Waals surface area contributed by atoms with Crippen LogP contribution >= 0.6 is 0 Å². The zero-order valence-corrected chi connectivity index (χ0v) is 13.1. The predicted octanol–water partition coefficient (Wildman–Crippen LogP) is 0.708. The minimum Gasteiger partial charge on any atom is -0.429 e. The Balaban J connectivity index is 2.34. The molecule has 0 bridgehead atoms. The van der Waals surface area contributed by atoms with E-state index in [1.807, 2.05) is 91.0 Å².